The topological polar surface area (TPSA) is 32.3 Å². The van der Waals surface area contributed by atoms with Crippen LogP contribution >= 0.6 is 0 Å². The molecule has 3 nitrogen and oxygen atoms in total. The van der Waals surface area contributed by atoms with Crippen LogP contribution in [0.25, 0.3) is 0 Å². The van der Waals surface area contributed by atoms with Gasteiger partial charge in [0.15, 0.2) is 0 Å². The Bertz CT molecular complexity index is 265. The standard InChI is InChI=1S/C12H21F3N2O/c1-2-17(10-5-6-10)11(18)9-16-8-4-3-7-12(13,14)15/h10,16H,2-9H2,1H3. The van der Waals surface area contributed by atoms with Gasteiger partial charge in [-0.1, -0.05) is 0 Å². The zero-order valence-electron chi connectivity index (χ0n) is 10.7. The Kier molecular flexibility index (Phi) is 5.91. The van der Waals surface area contributed by atoms with Crippen molar-refractivity contribution in [2.75, 3.05) is 19.6 Å². The van der Waals surface area contributed by atoms with Crippen molar-refractivity contribution in [3.05, 3.63) is 0 Å². The molecule has 1 saturated carbocycles. The van der Waals surface area contributed by atoms with Gasteiger partial charge in [0.25, 0.3) is 0 Å². The van der Waals surface area contributed by atoms with Gasteiger partial charge in [0, 0.05) is 19.0 Å². The summed E-state index contributed by atoms with van der Waals surface area (Å²) in [5, 5.41) is 2.91. The van der Waals surface area contributed by atoms with Gasteiger partial charge in [0.1, 0.15) is 0 Å². The summed E-state index contributed by atoms with van der Waals surface area (Å²) in [7, 11) is 0. The van der Waals surface area contributed by atoms with Crippen LogP contribution in [0.2, 0.25) is 0 Å². The number of rotatable bonds is 8. The van der Waals surface area contributed by atoms with Crippen molar-refractivity contribution in [1.82, 2.24) is 10.2 Å². The number of hydrogen-bond acceptors (Lipinski definition) is 2. The molecule has 1 aliphatic carbocycles. The van der Waals surface area contributed by atoms with E-state index in [9.17, 15) is 18.0 Å². The second-order valence-electron chi connectivity index (χ2n) is 4.66. The van der Waals surface area contributed by atoms with Crippen LogP contribution < -0.4 is 5.32 Å². The summed E-state index contributed by atoms with van der Waals surface area (Å²) in [5.74, 6) is 0.0517. The van der Waals surface area contributed by atoms with E-state index < -0.39 is 12.6 Å². The number of nitrogens with one attached hydrogen (secondary N) is 1. The first-order valence-electron chi connectivity index (χ1n) is 6.51. The normalized spacial score (nSPS) is 15.8. The molecular weight excluding hydrogens is 245 g/mol. The van der Waals surface area contributed by atoms with Crippen molar-refractivity contribution in [3.63, 3.8) is 0 Å². The molecular formula is C12H21F3N2O. The van der Waals surface area contributed by atoms with E-state index >= 15 is 0 Å². The molecule has 0 atom stereocenters. The number of alkyl halides is 3. The molecule has 0 aromatic carbocycles. The Morgan fingerprint density at radius 2 is 2.00 bits per heavy atom. The molecule has 1 rings (SSSR count). The van der Waals surface area contributed by atoms with Crippen molar-refractivity contribution in [2.45, 2.75) is 51.2 Å². The van der Waals surface area contributed by atoms with E-state index in [4.69, 9.17) is 0 Å². The summed E-state index contributed by atoms with van der Waals surface area (Å²) in [6.07, 6.45) is -2.10. The van der Waals surface area contributed by atoms with Crippen LogP contribution in [0.5, 0.6) is 0 Å². The van der Waals surface area contributed by atoms with Crippen molar-refractivity contribution >= 4 is 5.91 Å². The van der Waals surface area contributed by atoms with E-state index in [1.165, 1.54) is 0 Å². The molecule has 0 aliphatic heterocycles. The van der Waals surface area contributed by atoms with Crippen LogP contribution in [0.3, 0.4) is 0 Å². The van der Waals surface area contributed by atoms with E-state index in [0.29, 0.717) is 25.6 Å². The van der Waals surface area contributed by atoms with Crippen LogP contribution in [0.15, 0.2) is 0 Å². The first kappa shape index (κ1) is 15.3. The summed E-state index contributed by atoms with van der Waals surface area (Å²) >= 11 is 0. The molecule has 1 amide bonds. The number of likely N-dealkylation sites (N-methyl/N-ethyl adjacent to an activating group) is 1. The quantitative estimate of drug-likeness (QED) is 0.684. The van der Waals surface area contributed by atoms with Crippen LogP contribution in [0, 0.1) is 0 Å². The maximum atomic E-state index is 11.9. The second-order valence-corrected chi connectivity index (χ2v) is 4.66. The fraction of sp³-hybridized carbons (Fsp3) is 0.917. The second kappa shape index (κ2) is 6.97. The van der Waals surface area contributed by atoms with Gasteiger partial charge in [-0.05, 0) is 39.2 Å². The van der Waals surface area contributed by atoms with Crippen LogP contribution in [0.1, 0.15) is 39.0 Å². The van der Waals surface area contributed by atoms with E-state index in [2.05, 4.69) is 5.32 Å². The van der Waals surface area contributed by atoms with Gasteiger partial charge in [-0.25, -0.2) is 0 Å². The number of carbonyl (C=O) groups is 1. The van der Waals surface area contributed by atoms with Gasteiger partial charge in [-0.3, -0.25) is 4.79 Å². The van der Waals surface area contributed by atoms with E-state index in [1.807, 2.05) is 11.8 Å². The number of unbranched alkanes of at least 4 members (excludes halogenated alkanes) is 1. The highest BCUT2D eigenvalue weighted by Crippen LogP contribution is 2.26. The smallest absolute Gasteiger partial charge is 0.339 e. The lowest BCUT2D eigenvalue weighted by Gasteiger charge is -2.20. The molecule has 0 spiro atoms. The molecule has 1 N–H and O–H groups in total. The summed E-state index contributed by atoms with van der Waals surface area (Å²) in [4.78, 5) is 13.6. The molecule has 1 fully saturated rings. The Labute approximate surface area is 106 Å². The zero-order chi connectivity index (χ0) is 13.6. The largest absolute Gasteiger partial charge is 0.389 e. The minimum Gasteiger partial charge on any atom is -0.339 e. The molecule has 0 radical (unpaired) electrons. The molecule has 1 aliphatic rings. The van der Waals surface area contributed by atoms with E-state index in [1.54, 1.807) is 0 Å². The number of nitrogens with zero attached hydrogens (tertiary/aromatic N) is 1. The van der Waals surface area contributed by atoms with Gasteiger partial charge < -0.3 is 10.2 Å². The third-order valence-electron chi connectivity index (χ3n) is 2.99. The van der Waals surface area contributed by atoms with Crippen LogP contribution in [0.4, 0.5) is 13.2 Å². The number of carbonyl (C=O) groups excluding carboxylic acids is 1. The number of halogens is 3. The van der Waals surface area contributed by atoms with Crippen molar-refractivity contribution in [1.29, 1.82) is 0 Å². The first-order valence-corrected chi connectivity index (χ1v) is 6.51. The summed E-state index contributed by atoms with van der Waals surface area (Å²) in [6.45, 7) is 3.35. The lowest BCUT2D eigenvalue weighted by molar-refractivity contribution is -0.136. The summed E-state index contributed by atoms with van der Waals surface area (Å²) in [6, 6.07) is 0.398. The Balaban J connectivity index is 2.01. The molecule has 0 bridgehead atoms. The number of amides is 1. The molecule has 0 heterocycles. The number of hydrogen-bond donors (Lipinski definition) is 1. The third-order valence-corrected chi connectivity index (χ3v) is 2.99. The summed E-state index contributed by atoms with van der Waals surface area (Å²) in [5.41, 5.74) is 0. The molecule has 0 aromatic heterocycles. The molecule has 0 saturated heterocycles. The predicted octanol–water partition coefficient (Wildman–Crippen LogP) is 2.32. The van der Waals surface area contributed by atoms with Gasteiger partial charge in [0.2, 0.25) is 5.91 Å². The fourth-order valence-corrected chi connectivity index (χ4v) is 1.90. The van der Waals surface area contributed by atoms with Crippen LogP contribution in [-0.4, -0.2) is 42.7 Å². The average Bonchev–Trinajstić information content (AvgIpc) is 3.07. The van der Waals surface area contributed by atoms with Gasteiger partial charge >= 0.3 is 6.18 Å². The van der Waals surface area contributed by atoms with E-state index in [0.717, 1.165) is 12.8 Å². The Morgan fingerprint density at radius 1 is 1.33 bits per heavy atom. The first-order chi connectivity index (χ1) is 8.44. The van der Waals surface area contributed by atoms with Gasteiger partial charge in [-0.2, -0.15) is 13.2 Å². The zero-order valence-corrected chi connectivity index (χ0v) is 10.7. The van der Waals surface area contributed by atoms with Crippen molar-refractivity contribution < 1.29 is 18.0 Å². The van der Waals surface area contributed by atoms with Crippen molar-refractivity contribution in [3.8, 4) is 0 Å². The third kappa shape index (κ3) is 6.23. The Hall–Kier alpha value is -0.780. The lowest BCUT2D eigenvalue weighted by atomic mass is 10.2. The highest BCUT2D eigenvalue weighted by Gasteiger charge is 2.30. The van der Waals surface area contributed by atoms with E-state index in [-0.39, 0.29) is 18.9 Å². The minimum atomic E-state index is -4.07. The highest BCUT2D eigenvalue weighted by molar-refractivity contribution is 5.78. The summed E-state index contributed by atoms with van der Waals surface area (Å²) < 4.78 is 35.6. The lowest BCUT2D eigenvalue weighted by Crippen LogP contribution is -2.39. The average molecular weight is 266 g/mol. The van der Waals surface area contributed by atoms with Gasteiger partial charge in [0.05, 0.1) is 6.54 Å². The molecule has 0 unspecified atom stereocenters. The van der Waals surface area contributed by atoms with Crippen molar-refractivity contribution in [2.24, 2.45) is 0 Å². The highest BCUT2D eigenvalue weighted by atomic mass is 19.4. The SMILES string of the molecule is CCN(C(=O)CNCCCCC(F)(F)F)C1CC1. The maximum absolute atomic E-state index is 11.9. The molecule has 6 heteroatoms. The Morgan fingerprint density at radius 3 is 2.50 bits per heavy atom. The monoisotopic (exact) mass is 266 g/mol. The molecule has 18 heavy (non-hydrogen) atoms. The molecule has 106 valence electrons. The minimum absolute atomic E-state index is 0.0517. The van der Waals surface area contributed by atoms with Crippen LogP contribution in [-0.2, 0) is 4.79 Å². The van der Waals surface area contributed by atoms with Gasteiger partial charge in [-0.15, -0.1) is 0 Å². The predicted molar refractivity (Wildman–Crippen MR) is 63.2 cm³/mol. The fourth-order valence-electron chi connectivity index (χ4n) is 1.90. The maximum Gasteiger partial charge on any atom is 0.389 e. The molecule has 0 aromatic rings.